The van der Waals surface area contributed by atoms with E-state index in [0.717, 1.165) is 23.9 Å². The van der Waals surface area contributed by atoms with Gasteiger partial charge in [-0.2, -0.15) is 0 Å². The number of halogens is 1. The lowest BCUT2D eigenvalue weighted by molar-refractivity contribution is -0.0414. The highest BCUT2D eigenvalue weighted by Gasteiger charge is 2.42. The molecule has 3 heteroatoms. The maximum absolute atomic E-state index is 13.2. The van der Waals surface area contributed by atoms with E-state index in [4.69, 9.17) is 4.74 Å². The topological polar surface area (TPSA) is 14.2 Å². The monoisotopic (exact) mass is 273 g/mol. The first-order valence-corrected chi connectivity index (χ1v) is 7.66. The lowest BCUT2D eigenvalue weighted by Gasteiger charge is -2.24. The summed E-state index contributed by atoms with van der Waals surface area (Å²) in [5.41, 5.74) is 1.29. The zero-order chi connectivity index (χ0) is 13.6. The Morgan fingerprint density at radius 2 is 2.05 bits per heavy atom. The molecular weight excluding hydrogens is 253 g/mol. The van der Waals surface area contributed by atoms with Gasteiger partial charge in [-0.3, -0.25) is 0 Å². The van der Waals surface area contributed by atoms with Crippen molar-refractivity contribution in [1.29, 1.82) is 0 Å². The van der Waals surface area contributed by atoms with Crippen LogP contribution in [-0.4, -0.2) is 16.3 Å². The van der Waals surface area contributed by atoms with Gasteiger partial charge in [-0.05, 0) is 49.9 Å². The van der Waals surface area contributed by atoms with E-state index in [-0.39, 0.29) is 11.4 Å². The number of rotatable bonds is 2. The molecule has 20 heavy (non-hydrogen) atoms. The van der Waals surface area contributed by atoms with Crippen molar-refractivity contribution in [2.24, 2.45) is 0 Å². The molecule has 1 unspecified atom stereocenters. The second-order valence-electron chi connectivity index (χ2n) is 6.34. The summed E-state index contributed by atoms with van der Waals surface area (Å²) < 4.78 is 21.8. The van der Waals surface area contributed by atoms with Gasteiger partial charge < -0.3 is 9.30 Å². The Morgan fingerprint density at radius 3 is 2.90 bits per heavy atom. The number of ether oxygens (including phenoxy) is 1. The molecule has 2 heterocycles. The average molecular weight is 273 g/mol. The molecule has 1 aliphatic carbocycles. The maximum atomic E-state index is 13.2. The van der Waals surface area contributed by atoms with Gasteiger partial charge in [0.25, 0.3) is 0 Å². The van der Waals surface area contributed by atoms with Crippen LogP contribution in [0.4, 0.5) is 4.39 Å². The summed E-state index contributed by atoms with van der Waals surface area (Å²) in [5.74, 6) is -0.169. The third-order valence-corrected chi connectivity index (χ3v) is 4.99. The van der Waals surface area contributed by atoms with Crippen molar-refractivity contribution in [3.63, 3.8) is 0 Å². The molecule has 2 aliphatic rings. The first-order valence-electron chi connectivity index (χ1n) is 7.66. The van der Waals surface area contributed by atoms with Crippen LogP contribution in [0.3, 0.4) is 0 Å². The lowest BCUT2D eigenvalue weighted by Crippen LogP contribution is -2.26. The average Bonchev–Trinajstić information content (AvgIpc) is 3.14. The fourth-order valence-electron chi connectivity index (χ4n) is 3.96. The fraction of sp³-hybridized carbons (Fsp3) is 0.529. The number of aromatic nitrogens is 1. The van der Waals surface area contributed by atoms with E-state index in [9.17, 15) is 4.39 Å². The summed E-state index contributed by atoms with van der Waals surface area (Å²) in [6.07, 6.45) is 9.84. The summed E-state index contributed by atoms with van der Waals surface area (Å²) in [7, 11) is 0. The van der Waals surface area contributed by atoms with Crippen molar-refractivity contribution >= 4 is 10.9 Å². The lowest BCUT2D eigenvalue weighted by atomic mass is 9.98. The van der Waals surface area contributed by atoms with Crippen LogP contribution < -0.4 is 0 Å². The highest BCUT2D eigenvalue weighted by Crippen LogP contribution is 2.43. The molecule has 1 spiro atoms. The third-order valence-electron chi connectivity index (χ3n) is 4.99. The van der Waals surface area contributed by atoms with Gasteiger partial charge in [-0.25, -0.2) is 4.39 Å². The minimum atomic E-state index is -0.169. The third kappa shape index (κ3) is 2.05. The second-order valence-corrected chi connectivity index (χ2v) is 6.34. The smallest absolute Gasteiger partial charge is 0.123 e. The predicted molar refractivity (Wildman–Crippen MR) is 77.2 cm³/mol. The highest BCUT2D eigenvalue weighted by molar-refractivity contribution is 5.80. The summed E-state index contributed by atoms with van der Waals surface area (Å²) in [6.45, 7) is 0.886. The van der Waals surface area contributed by atoms with Crippen LogP contribution in [0.15, 0.2) is 30.5 Å². The molecule has 0 amide bonds. The molecule has 2 nitrogen and oxygen atoms in total. The summed E-state index contributed by atoms with van der Waals surface area (Å²) in [5, 5.41) is 0.971. The standard InChI is InChI=1S/C17H20FNO/c18-14-3-4-16-13(11-14)6-10-19(16)12-15-5-9-17(20-15)7-1-2-8-17/h3-4,6,10-11,15H,1-2,5,7-9,12H2. The minimum absolute atomic E-state index is 0.169. The van der Waals surface area contributed by atoms with Crippen molar-refractivity contribution in [2.75, 3.05) is 0 Å². The number of hydrogen-bond donors (Lipinski definition) is 0. The first kappa shape index (κ1) is 12.4. The molecule has 1 atom stereocenters. The largest absolute Gasteiger partial charge is 0.370 e. The van der Waals surface area contributed by atoms with Crippen molar-refractivity contribution in [2.45, 2.75) is 56.8 Å². The minimum Gasteiger partial charge on any atom is -0.370 e. The molecule has 0 N–H and O–H groups in total. The zero-order valence-electron chi connectivity index (χ0n) is 11.6. The molecule has 1 aromatic carbocycles. The van der Waals surface area contributed by atoms with Crippen LogP contribution in [-0.2, 0) is 11.3 Å². The van der Waals surface area contributed by atoms with Crippen molar-refractivity contribution in [1.82, 2.24) is 4.57 Å². The molecule has 1 aromatic heterocycles. The predicted octanol–water partition coefficient (Wildman–Crippen LogP) is 4.27. The fourth-order valence-corrected chi connectivity index (χ4v) is 3.96. The molecule has 0 bridgehead atoms. The van der Waals surface area contributed by atoms with Gasteiger partial charge in [0.05, 0.1) is 11.7 Å². The number of benzene rings is 1. The van der Waals surface area contributed by atoms with Crippen molar-refractivity contribution in [3.05, 3.63) is 36.3 Å². The number of fused-ring (bicyclic) bond motifs is 1. The SMILES string of the molecule is Fc1ccc2c(ccn2CC2CCC3(CCCC3)O2)c1. The van der Waals surface area contributed by atoms with Crippen LogP contribution in [0.25, 0.3) is 10.9 Å². The van der Waals surface area contributed by atoms with Crippen LogP contribution in [0.5, 0.6) is 0 Å². The first-order chi connectivity index (χ1) is 9.74. The maximum Gasteiger partial charge on any atom is 0.123 e. The molecular formula is C17H20FNO. The Labute approximate surface area is 118 Å². The van der Waals surface area contributed by atoms with Crippen LogP contribution in [0, 0.1) is 5.82 Å². The molecule has 4 rings (SSSR count). The molecule has 2 aromatic rings. The van der Waals surface area contributed by atoms with Gasteiger partial charge in [0.1, 0.15) is 5.82 Å². The van der Waals surface area contributed by atoms with E-state index >= 15 is 0 Å². The van der Waals surface area contributed by atoms with Gasteiger partial charge in [-0.15, -0.1) is 0 Å². The van der Waals surface area contributed by atoms with Gasteiger partial charge >= 0.3 is 0 Å². The van der Waals surface area contributed by atoms with E-state index in [2.05, 4.69) is 4.57 Å². The Hall–Kier alpha value is -1.35. The molecule has 1 saturated heterocycles. The van der Waals surface area contributed by atoms with Gasteiger partial charge in [0.15, 0.2) is 0 Å². The number of hydrogen-bond acceptors (Lipinski definition) is 1. The van der Waals surface area contributed by atoms with E-state index in [1.165, 1.54) is 38.2 Å². The Morgan fingerprint density at radius 1 is 1.20 bits per heavy atom. The van der Waals surface area contributed by atoms with Gasteiger partial charge in [0.2, 0.25) is 0 Å². The van der Waals surface area contributed by atoms with Gasteiger partial charge in [0, 0.05) is 23.6 Å². The summed E-state index contributed by atoms with van der Waals surface area (Å²) >= 11 is 0. The molecule has 1 saturated carbocycles. The highest BCUT2D eigenvalue weighted by atomic mass is 19.1. The summed E-state index contributed by atoms with van der Waals surface area (Å²) in [6, 6.07) is 6.98. The van der Waals surface area contributed by atoms with E-state index in [1.807, 2.05) is 18.3 Å². The Balaban J connectivity index is 1.53. The summed E-state index contributed by atoms with van der Waals surface area (Å²) in [4.78, 5) is 0. The van der Waals surface area contributed by atoms with Crippen LogP contribution in [0.2, 0.25) is 0 Å². The van der Waals surface area contributed by atoms with E-state index < -0.39 is 0 Å². The quantitative estimate of drug-likeness (QED) is 0.797. The second kappa shape index (κ2) is 4.59. The zero-order valence-corrected chi connectivity index (χ0v) is 11.6. The van der Waals surface area contributed by atoms with Crippen LogP contribution >= 0.6 is 0 Å². The number of nitrogens with zero attached hydrogens (tertiary/aromatic N) is 1. The molecule has 0 radical (unpaired) electrons. The van der Waals surface area contributed by atoms with E-state index in [0.29, 0.717) is 6.10 Å². The van der Waals surface area contributed by atoms with E-state index in [1.54, 1.807) is 6.07 Å². The Kier molecular flexibility index (Phi) is 2.84. The van der Waals surface area contributed by atoms with Crippen molar-refractivity contribution in [3.8, 4) is 0 Å². The van der Waals surface area contributed by atoms with Crippen molar-refractivity contribution < 1.29 is 9.13 Å². The molecule has 106 valence electrons. The molecule has 1 aliphatic heterocycles. The normalized spacial score (nSPS) is 24.9. The van der Waals surface area contributed by atoms with Crippen LogP contribution in [0.1, 0.15) is 38.5 Å². The molecule has 2 fully saturated rings. The Bertz CT molecular complexity index is 627. The van der Waals surface area contributed by atoms with Gasteiger partial charge in [-0.1, -0.05) is 12.8 Å².